The van der Waals surface area contributed by atoms with Gasteiger partial charge in [-0.3, -0.25) is 0 Å². The standard InChI is InChI=1S/C17H14ClIN2O3S/c1-21(2)17-16(25(22,23)12-9-7-11(18)8-10-12)20-15(24-17)13-5-3-4-6-14(13)19/h3-10H,1-2H3. The molecule has 0 spiro atoms. The predicted octanol–water partition coefficient (Wildman–Crippen LogP) is 4.50. The first kappa shape index (κ1) is 18.2. The molecule has 130 valence electrons. The van der Waals surface area contributed by atoms with Crippen molar-refractivity contribution in [1.29, 1.82) is 0 Å². The summed E-state index contributed by atoms with van der Waals surface area (Å²) in [4.78, 5) is 6.00. The largest absolute Gasteiger partial charge is 0.419 e. The highest BCUT2D eigenvalue weighted by molar-refractivity contribution is 14.1. The van der Waals surface area contributed by atoms with E-state index in [-0.39, 0.29) is 21.7 Å². The highest BCUT2D eigenvalue weighted by Gasteiger charge is 2.29. The molecule has 0 amide bonds. The molecule has 0 unspecified atom stereocenters. The Morgan fingerprint density at radius 1 is 1.08 bits per heavy atom. The second-order valence-electron chi connectivity index (χ2n) is 5.46. The van der Waals surface area contributed by atoms with Gasteiger partial charge in [-0.15, -0.1) is 0 Å². The van der Waals surface area contributed by atoms with Crippen LogP contribution in [0.1, 0.15) is 0 Å². The number of anilines is 1. The van der Waals surface area contributed by atoms with Crippen molar-refractivity contribution in [2.75, 3.05) is 19.0 Å². The van der Waals surface area contributed by atoms with E-state index in [1.165, 1.54) is 24.3 Å². The fourth-order valence-corrected chi connectivity index (χ4v) is 4.35. The molecule has 0 saturated heterocycles. The van der Waals surface area contributed by atoms with E-state index < -0.39 is 9.84 Å². The predicted molar refractivity (Wildman–Crippen MR) is 106 cm³/mol. The van der Waals surface area contributed by atoms with Crippen LogP contribution in [0.3, 0.4) is 0 Å². The molecule has 5 nitrogen and oxygen atoms in total. The molecular weight excluding hydrogens is 475 g/mol. The molecule has 0 saturated carbocycles. The molecule has 1 aromatic heterocycles. The van der Waals surface area contributed by atoms with Gasteiger partial charge in [0.25, 0.3) is 0 Å². The lowest BCUT2D eigenvalue weighted by atomic mass is 10.2. The third kappa shape index (κ3) is 3.54. The van der Waals surface area contributed by atoms with Gasteiger partial charge in [0.15, 0.2) is 0 Å². The number of halogens is 2. The summed E-state index contributed by atoms with van der Waals surface area (Å²) in [5, 5.41) is 0.348. The number of nitrogens with zero attached hydrogens (tertiary/aromatic N) is 2. The van der Waals surface area contributed by atoms with Crippen molar-refractivity contribution in [3.63, 3.8) is 0 Å². The number of hydrogen-bond acceptors (Lipinski definition) is 5. The summed E-state index contributed by atoms with van der Waals surface area (Å²) in [6.45, 7) is 0. The van der Waals surface area contributed by atoms with Gasteiger partial charge in [0.1, 0.15) is 0 Å². The van der Waals surface area contributed by atoms with E-state index in [0.717, 1.165) is 9.13 Å². The smallest absolute Gasteiger partial charge is 0.235 e. The van der Waals surface area contributed by atoms with Gasteiger partial charge in [-0.1, -0.05) is 23.7 Å². The van der Waals surface area contributed by atoms with E-state index in [4.69, 9.17) is 16.0 Å². The van der Waals surface area contributed by atoms with Crippen LogP contribution in [0.15, 0.2) is 62.9 Å². The molecule has 8 heteroatoms. The quantitative estimate of drug-likeness (QED) is 0.506. The van der Waals surface area contributed by atoms with Crippen molar-refractivity contribution in [2.45, 2.75) is 9.92 Å². The summed E-state index contributed by atoms with van der Waals surface area (Å²) >= 11 is 8.01. The summed E-state index contributed by atoms with van der Waals surface area (Å²) in [7, 11) is -0.420. The average molecular weight is 489 g/mol. The normalized spacial score (nSPS) is 11.5. The van der Waals surface area contributed by atoms with Crippen LogP contribution in [0.5, 0.6) is 0 Å². The fraction of sp³-hybridized carbons (Fsp3) is 0.118. The van der Waals surface area contributed by atoms with Crippen molar-refractivity contribution in [3.05, 3.63) is 57.1 Å². The number of rotatable bonds is 4. The lowest BCUT2D eigenvalue weighted by molar-refractivity contribution is 0.564. The second-order valence-corrected chi connectivity index (χ2v) is 8.92. The Hall–Kier alpha value is -1.58. The first-order chi connectivity index (χ1) is 11.8. The van der Waals surface area contributed by atoms with Gasteiger partial charge < -0.3 is 9.32 Å². The van der Waals surface area contributed by atoms with E-state index in [2.05, 4.69) is 27.6 Å². The third-order valence-corrected chi connectivity index (χ3v) is 6.33. The van der Waals surface area contributed by atoms with Crippen LogP contribution in [0.2, 0.25) is 5.02 Å². The highest BCUT2D eigenvalue weighted by Crippen LogP contribution is 2.35. The van der Waals surface area contributed by atoms with Crippen LogP contribution < -0.4 is 4.90 Å². The van der Waals surface area contributed by atoms with Crippen LogP contribution in [-0.2, 0) is 9.84 Å². The Bertz CT molecular complexity index is 1010. The Balaban J connectivity index is 2.19. The van der Waals surface area contributed by atoms with Gasteiger partial charge in [-0.05, 0) is 59.0 Å². The summed E-state index contributed by atoms with van der Waals surface area (Å²) < 4.78 is 32.7. The van der Waals surface area contributed by atoms with Crippen LogP contribution in [0, 0.1) is 3.57 Å². The maximum atomic E-state index is 13.0. The fourth-order valence-electron chi connectivity index (χ4n) is 2.23. The minimum Gasteiger partial charge on any atom is -0.419 e. The van der Waals surface area contributed by atoms with Crippen molar-refractivity contribution in [2.24, 2.45) is 0 Å². The van der Waals surface area contributed by atoms with Gasteiger partial charge >= 0.3 is 0 Å². The van der Waals surface area contributed by atoms with Crippen molar-refractivity contribution in [3.8, 4) is 11.5 Å². The number of hydrogen-bond donors (Lipinski definition) is 0. The maximum Gasteiger partial charge on any atom is 0.235 e. The first-order valence-corrected chi connectivity index (χ1v) is 10.2. The zero-order valence-electron chi connectivity index (χ0n) is 13.4. The van der Waals surface area contributed by atoms with Gasteiger partial charge in [-0.25, -0.2) is 8.42 Å². The van der Waals surface area contributed by atoms with Crippen molar-refractivity contribution < 1.29 is 12.8 Å². The summed E-state index contributed by atoms with van der Waals surface area (Å²) in [5.41, 5.74) is 0.740. The van der Waals surface area contributed by atoms with E-state index in [0.29, 0.717) is 5.02 Å². The average Bonchev–Trinajstić information content (AvgIpc) is 3.02. The third-order valence-electron chi connectivity index (χ3n) is 3.47. The van der Waals surface area contributed by atoms with Crippen molar-refractivity contribution in [1.82, 2.24) is 4.98 Å². The van der Waals surface area contributed by atoms with Crippen LogP contribution in [0.25, 0.3) is 11.5 Å². The van der Waals surface area contributed by atoms with Crippen LogP contribution >= 0.6 is 34.2 Å². The minimum absolute atomic E-state index is 0.114. The minimum atomic E-state index is -3.84. The molecule has 0 radical (unpaired) electrons. The van der Waals surface area contributed by atoms with Gasteiger partial charge in [0, 0.05) is 22.7 Å². The molecule has 0 aliphatic carbocycles. The summed E-state index contributed by atoms with van der Waals surface area (Å²) in [6, 6.07) is 13.5. The lowest BCUT2D eigenvalue weighted by Gasteiger charge is -2.10. The molecule has 0 aliphatic heterocycles. The van der Waals surface area contributed by atoms with Crippen LogP contribution in [-0.4, -0.2) is 27.5 Å². The van der Waals surface area contributed by atoms with E-state index in [1.54, 1.807) is 19.0 Å². The first-order valence-electron chi connectivity index (χ1n) is 7.24. The molecule has 25 heavy (non-hydrogen) atoms. The zero-order chi connectivity index (χ0) is 18.2. The second kappa shape index (κ2) is 6.97. The Morgan fingerprint density at radius 2 is 1.72 bits per heavy atom. The summed E-state index contributed by atoms with van der Waals surface area (Å²) in [5.74, 6) is 0.450. The molecule has 2 aromatic carbocycles. The molecule has 0 bridgehead atoms. The van der Waals surface area contributed by atoms with Crippen molar-refractivity contribution >= 4 is 49.9 Å². The van der Waals surface area contributed by atoms with Crippen LogP contribution in [0.4, 0.5) is 5.88 Å². The lowest BCUT2D eigenvalue weighted by Crippen LogP contribution is -2.13. The van der Waals surface area contributed by atoms with E-state index >= 15 is 0 Å². The molecule has 3 rings (SSSR count). The van der Waals surface area contributed by atoms with Gasteiger partial charge in [0.05, 0.1) is 10.5 Å². The monoisotopic (exact) mass is 488 g/mol. The Kier molecular flexibility index (Phi) is 5.08. The van der Waals surface area contributed by atoms with Gasteiger partial charge in [0.2, 0.25) is 26.6 Å². The molecule has 0 fully saturated rings. The molecule has 0 aliphatic rings. The molecule has 3 aromatic rings. The number of oxazole rings is 1. The number of benzene rings is 2. The zero-order valence-corrected chi connectivity index (χ0v) is 17.1. The summed E-state index contributed by atoms with van der Waals surface area (Å²) in [6.07, 6.45) is 0. The van der Waals surface area contributed by atoms with E-state index in [1.807, 2.05) is 24.3 Å². The Labute approximate surface area is 164 Å². The maximum absolute atomic E-state index is 13.0. The van der Waals surface area contributed by atoms with E-state index in [9.17, 15) is 8.42 Å². The topological polar surface area (TPSA) is 63.4 Å². The Morgan fingerprint density at radius 3 is 2.32 bits per heavy atom. The number of aromatic nitrogens is 1. The van der Waals surface area contributed by atoms with Gasteiger partial charge in [-0.2, -0.15) is 4.98 Å². The molecule has 1 heterocycles. The molecule has 0 N–H and O–H groups in total. The molecular formula is C17H14ClIN2O3S. The highest BCUT2D eigenvalue weighted by atomic mass is 127. The molecule has 0 atom stereocenters. The SMILES string of the molecule is CN(C)c1oc(-c2ccccc2I)nc1S(=O)(=O)c1ccc(Cl)cc1. The number of sulfone groups is 1.